The molecule has 1 N–H and O–H groups in total. The van der Waals surface area contributed by atoms with Gasteiger partial charge >= 0.3 is 0 Å². The van der Waals surface area contributed by atoms with Crippen LogP contribution in [0, 0.1) is 11.6 Å². The van der Waals surface area contributed by atoms with Gasteiger partial charge in [-0.25, -0.2) is 8.78 Å². The summed E-state index contributed by atoms with van der Waals surface area (Å²) in [5, 5.41) is 2.64. The summed E-state index contributed by atoms with van der Waals surface area (Å²) in [5.41, 5.74) is -0.0833. The number of anilines is 1. The van der Waals surface area contributed by atoms with E-state index in [0.29, 0.717) is 5.56 Å². The maximum absolute atomic E-state index is 14.0. The maximum Gasteiger partial charge on any atom is 0.255 e. The fourth-order valence-electron chi connectivity index (χ4n) is 2.14. The summed E-state index contributed by atoms with van der Waals surface area (Å²) < 4.78 is 33.5. The summed E-state index contributed by atoms with van der Waals surface area (Å²) in [6.07, 6.45) is 0.00687. The largest absolute Gasteiger partial charge is 0.481 e. The molecule has 0 heterocycles. The summed E-state index contributed by atoms with van der Waals surface area (Å²) in [6, 6.07) is 10.3. The Morgan fingerprint density at radius 3 is 2.36 bits per heavy atom. The maximum atomic E-state index is 14.0. The van der Waals surface area contributed by atoms with E-state index in [1.807, 2.05) is 20.8 Å². The molecule has 2 aromatic rings. The zero-order chi connectivity index (χ0) is 18.6. The molecule has 132 valence electrons. The zero-order valence-electron chi connectivity index (χ0n) is 14.2. The van der Waals surface area contributed by atoms with Gasteiger partial charge in [0.25, 0.3) is 5.91 Å². The lowest BCUT2D eigenvalue weighted by Crippen LogP contribution is -2.24. The van der Waals surface area contributed by atoms with Crippen LogP contribution < -0.4 is 5.32 Å². The molecular weight excluding hydrogens is 344 g/mol. The normalized spacial score (nSPS) is 11.1. The van der Waals surface area contributed by atoms with Gasteiger partial charge in [-0.1, -0.05) is 18.2 Å². The fraction of sp³-hybridized carbons (Fsp3) is 0.263. The molecule has 2 rings (SSSR count). The fourth-order valence-corrected chi connectivity index (χ4v) is 2.55. The van der Waals surface area contributed by atoms with Crippen molar-refractivity contribution in [2.45, 2.75) is 32.8 Å². The number of amides is 1. The van der Waals surface area contributed by atoms with E-state index in [-0.39, 0.29) is 22.7 Å². The molecule has 6 heteroatoms. The molecule has 0 bridgehead atoms. The number of carbonyl (C=O) groups is 1. The Bertz CT molecular complexity index is 786. The van der Waals surface area contributed by atoms with E-state index in [1.165, 1.54) is 6.07 Å². The Labute approximate surface area is 151 Å². The van der Waals surface area contributed by atoms with Crippen LogP contribution in [0.2, 0.25) is 0 Å². The monoisotopic (exact) mass is 363 g/mol. The minimum atomic E-state index is -0.854. The van der Waals surface area contributed by atoms with Crippen molar-refractivity contribution < 1.29 is 18.3 Å². The van der Waals surface area contributed by atoms with Crippen molar-refractivity contribution in [2.75, 3.05) is 5.32 Å². The molecule has 0 unspecified atom stereocenters. The van der Waals surface area contributed by atoms with Gasteiger partial charge in [0.15, 0.2) is 5.05 Å². The number of rotatable bonds is 4. The van der Waals surface area contributed by atoms with Gasteiger partial charge in [-0.2, -0.15) is 0 Å². The van der Waals surface area contributed by atoms with Crippen molar-refractivity contribution >= 4 is 28.9 Å². The van der Waals surface area contributed by atoms with E-state index in [1.54, 1.807) is 30.3 Å². The van der Waals surface area contributed by atoms with E-state index in [2.05, 4.69) is 5.32 Å². The number of nitrogens with one attached hydrogen (secondary N) is 1. The van der Waals surface area contributed by atoms with Crippen LogP contribution in [0.15, 0.2) is 42.5 Å². The second kappa shape index (κ2) is 7.70. The molecule has 0 fully saturated rings. The summed E-state index contributed by atoms with van der Waals surface area (Å²) in [4.78, 5) is 12.2. The number of carbonyl (C=O) groups excluding carboxylic acids is 1. The molecule has 0 atom stereocenters. The highest BCUT2D eigenvalue weighted by Crippen LogP contribution is 2.22. The molecule has 3 nitrogen and oxygen atoms in total. The topological polar surface area (TPSA) is 38.3 Å². The van der Waals surface area contributed by atoms with Crippen molar-refractivity contribution in [2.24, 2.45) is 0 Å². The second-order valence-corrected chi connectivity index (χ2v) is 6.96. The summed E-state index contributed by atoms with van der Waals surface area (Å²) in [5.74, 6) is -2.08. The third kappa shape index (κ3) is 5.60. The van der Waals surface area contributed by atoms with Gasteiger partial charge in [-0.15, -0.1) is 0 Å². The number of thiocarbonyl (C=S) groups is 1. The molecule has 2 aromatic carbocycles. The molecular formula is C19H19F2NO2S. The quantitative estimate of drug-likeness (QED) is 0.785. The van der Waals surface area contributed by atoms with E-state index in [0.717, 1.165) is 6.07 Å². The first kappa shape index (κ1) is 19.0. The van der Waals surface area contributed by atoms with Crippen molar-refractivity contribution in [3.8, 4) is 0 Å². The van der Waals surface area contributed by atoms with Crippen LogP contribution in [0.25, 0.3) is 0 Å². The molecule has 0 aliphatic carbocycles. The third-order valence-electron chi connectivity index (χ3n) is 3.18. The van der Waals surface area contributed by atoms with Gasteiger partial charge in [0, 0.05) is 18.1 Å². The number of halogens is 2. The van der Waals surface area contributed by atoms with E-state index in [9.17, 15) is 13.6 Å². The van der Waals surface area contributed by atoms with E-state index < -0.39 is 23.1 Å². The molecule has 1 amide bonds. The first-order valence-corrected chi connectivity index (χ1v) is 8.13. The standard InChI is InChI=1S/C19H19F2NO2S/c1-19(2,3)24-17(25)10-13-9-16(15(21)11-14(13)20)22-18(23)12-7-5-4-6-8-12/h4-9,11H,10H2,1-3H3,(H,22,23). The highest BCUT2D eigenvalue weighted by atomic mass is 32.1. The number of benzene rings is 2. The van der Waals surface area contributed by atoms with Crippen LogP contribution in [-0.2, 0) is 11.2 Å². The van der Waals surface area contributed by atoms with Crippen molar-refractivity contribution in [3.05, 3.63) is 65.2 Å². The van der Waals surface area contributed by atoms with Crippen LogP contribution in [0.5, 0.6) is 0 Å². The molecule has 0 spiro atoms. The number of hydrogen-bond acceptors (Lipinski definition) is 3. The first-order valence-electron chi connectivity index (χ1n) is 7.72. The van der Waals surface area contributed by atoms with Crippen molar-refractivity contribution in [1.29, 1.82) is 0 Å². The molecule has 0 aliphatic rings. The Morgan fingerprint density at radius 1 is 1.12 bits per heavy atom. The Balaban J connectivity index is 2.20. The highest BCUT2D eigenvalue weighted by Gasteiger charge is 2.18. The molecule has 0 radical (unpaired) electrons. The summed E-state index contributed by atoms with van der Waals surface area (Å²) >= 11 is 5.11. The lowest BCUT2D eigenvalue weighted by atomic mass is 10.1. The Morgan fingerprint density at radius 2 is 1.76 bits per heavy atom. The molecule has 0 saturated carbocycles. The van der Waals surface area contributed by atoms with E-state index in [4.69, 9.17) is 17.0 Å². The van der Waals surface area contributed by atoms with Gasteiger partial charge in [0.2, 0.25) is 0 Å². The molecule has 0 aliphatic heterocycles. The first-order chi connectivity index (χ1) is 11.7. The zero-order valence-corrected chi connectivity index (χ0v) is 15.0. The van der Waals surface area contributed by atoms with E-state index >= 15 is 0 Å². The van der Waals surface area contributed by atoms with Gasteiger partial charge < -0.3 is 10.1 Å². The van der Waals surface area contributed by atoms with Gasteiger partial charge in [-0.05, 0) is 56.8 Å². The van der Waals surface area contributed by atoms with Gasteiger partial charge in [-0.3, -0.25) is 4.79 Å². The Hall–Kier alpha value is -2.34. The second-order valence-electron chi connectivity index (χ2n) is 6.51. The minimum Gasteiger partial charge on any atom is -0.481 e. The smallest absolute Gasteiger partial charge is 0.255 e. The average Bonchev–Trinajstić information content (AvgIpc) is 2.51. The van der Waals surface area contributed by atoms with Crippen LogP contribution in [-0.4, -0.2) is 16.6 Å². The van der Waals surface area contributed by atoms with Crippen LogP contribution in [0.1, 0.15) is 36.7 Å². The van der Waals surface area contributed by atoms with Gasteiger partial charge in [0.1, 0.15) is 17.2 Å². The molecule has 0 aromatic heterocycles. The minimum absolute atomic E-state index is 0.00687. The molecule has 0 saturated heterocycles. The van der Waals surface area contributed by atoms with Crippen LogP contribution in [0.3, 0.4) is 0 Å². The summed E-state index contributed by atoms with van der Waals surface area (Å²) in [6.45, 7) is 5.48. The lowest BCUT2D eigenvalue weighted by molar-refractivity contribution is 0.102. The number of ether oxygens (including phenoxy) is 1. The van der Waals surface area contributed by atoms with Crippen LogP contribution >= 0.6 is 12.2 Å². The predicted octanol–water partition coefficient (Wildman–Crippen LogP) is 4.90. The van der Waals surface area contributed by atoms with Crippen molar-refractivity contribution in [1.82, 2.24) is 0 Å². The SMILES string of the molecule is CC(C)(C)OC(=S)Cc1cc(NC(=O)c2ccccc2)c(F)cc1F. The predicted molar refractivity (Wildman–Crippen MR) is 97.9 cm³/mol. The van der Waals surface area contributed by atoms with Gasteiger partial charge in [0.05, 0.1) is 5.69 Å². The van der Waals surface area contributed by atoms with Crippen LogP contribution in [0.4, 0.5) is 14.5 Å². The number of hydrogen-bond donors (Lipinski definition) is 1. The highest BCUT2D eigenvalue weighted by molar-refractivity contribution is 7.80. The lowest BCUT2D eigenvalue weighted by Gasteiger charge is -2.21. The summed E-state index contributed by atoms with van der Waals surface area (Å²) in [7, 11) is 0. The average molecular weight is 363 g/mol. The molecule has 25 heavy (non-hydrogen) atoms. The van der Waals surface area contributed by atoms with Crippen molar-refractivity contribution in [3.63, 3.8) is 0 Å². The third-order valence-corrected chi connectivity index (χ3v) is 3.40. The Kier molecular flexibility index (Phi) is 5.85.